The van der Waals surface area contributed by atoms with Gasteiger partial charge in [-0.05, 0) is 45.8 Å². The maximum atomic E-state index is 12.9. The Bertz CT molecular complexity index is 1290. The molecule has 0 saturated heterocycles. The van der Waals surface area contributed by atoms with E-state index in [0.29, 0.717) is 27.0 Å². The zero-order valence-corrected chi connectivity index (χ0v) is 18.1. The summed E-state index contributed by atoms with van der Waals surface area (Å²) in [5, 5.41) is 14.7. The molecule has 1 amide bonds. The number of pyridine rings is 1. The maximum Gasteiger partial charge on any atom is 0.272 e. The van der Waals surface area contributed by atoms with Crippen molar-refractivity contribution in [2.75, 3.05) is 7.11 Å². The molecule has 0 spiro atoms. The quantitative estimate of drug-likeness (QED) is 0.309. The van der Waals surface area contributed by atoms with Crippen LogP contribution in [0.4, 0.5) is 0 Å². The average Bonchev–Trinajstić information content (AvgIpc) is 2.81. The Kier molecular flexibility index (Phi) is 5.95. The molecule has 31 heavy (non-hydrogen) atoms. The number of nitrogens with zero attached hydrogens (tertiary/aromatic N) is 2. The van der Waals surface area contributed by atoms with Crippen molar-refractivity contribution < 1.29 is 14.6 Å². The highest BCUT2D eigenvalue weighted by Gasteiger charge is 2.13. The Balaban J connectivity index is 1.65. The van der Waals surface area contributed by atoms with Crippen LogP contribution in [-0.2, 0) is 0 Å². The number of benzene rings is 3. The molecule has 4 aromatic rings. The van der Waals surface area contributed by atoms with Crippen molar-refractivity contribution in [2.45, 2.75) is 0 Å². The van der Waals surface area contributed by atoms with Gasteiger partial charge in [-0.1, -0.05) is 48.5 Å². The molecule has 0 bridgehead atoms. The van der Waals surface area contributed by atoms with Gasteiger partial charge in [-0.25, -0.2) is 10.4 Å². The number of hydrazone groups is 1. The smallest absolute Gasteiger partial charge is 0.272 e. The van der Waals surface area contributed by atoms with E-state index in [-0.39, 0.29) is 11.7 Å². The van der Waals surface area contributed by atoms with Crippen LogP contribution in [0.5, 0.6) is 11.5 Å². The Labute approximate surface area is 187 Å². The number of phenols is 1. The van der Waals surface area contributed by atoms with Gasteiger partial charge in [0.1, 0.15) is 0 Å². The summed E-state index contributed by atoms with van der Waals surface area (Å²) in [7, 11) is 1.46. The number of methoxy groups -OCH3 is 1. The number of phenolic OH excluding ortho intramolecular Hbond substituents is 1. The normalized spacial score (nSPS) is 11.0. The zero-order chi connectivity index (χ0) is 21.8. The second-order valence-electron chi connectivity index (χ2n) is 6.69. The molecule has 0 aliphatic heterocycles. The van der Waals surface area contributed by atoms with Crippen LogP contribution in [-0.4, -0.2) is 29.3 Å². The summed E-state index contributed by atoms with van der Waals surface area (Å²) in [5.74, 6) is -0.0491. The molecule has 3 aromatic carbocycles. The van der Waals surface area contributed by atoms with E-state index < -0.39 is 0 Å². The number of nitrogens with one attached hydrogen (secondary N) is 1. The van der Waals surface area contributed by atoms with Gasteiger partial charge in [0.15, 0.2) is 11.5 Å². The summed E-state index contributed by atoms with van der Waals surface area (Å²) in [6.07, 6.45) is 1.48. The van der Waals surface area contributed by atoms with Gasteiger partial charge in [-0.3, -0.25) is 4.79 Å². The minimum absolute atomic E-state index is 0.000354. The molecule has 1 aromatic heterocycles. The first-order valence-electron chi connectivity index (χ1n) is 9.42. The first-order valence-corrected chi connectivity index (χ1v) is 10.2. The molecule has 6 nitrogen and oxygen atoms in total. The van der Waals surface area contributed by atoms with Crippen LogP contribution in [0, 0.1) is 0 Å². The second-order valence-corrected chi connectivity index (χ2v) is 7.55. The van der Waals surface area contributed by atoms with Gasteiger partial charge < -0.3 is 9.84 Å². The summed E-state index contributed by atoms with van der Waals surface area (Å²) in [4.78, 5) is 17.6. The second kappa shape index (κ2) is 8.97. The predicted molar refractivity (Wildman–Crippen MR) is 125 cm³/mol. The van der Waals surface area contributed by atoms with Gasteiger partial charge in [-0.2, -0.15) is 5.10 Å². The molecular formula is C24H18BrN3O3. The number of carbonyl (C=O) groups excluding carboxylic acids is 1. The van der Waals surface area contributed by atoms with E-state index in [2.05, 4.69) is 26.5 Å². The topological polar surface area (TPSA) is 83.8 Å². The van der Waals surface area contributed by atoms with Crippen LogP contribution < -0.4 is 10.2 Å². The van der Waals surface area contributed by atoms with Gasteiger partial charge in [0, 0.05) is 10.9 Å². The SMILES string of the molecule is COc1cc(/C=N/NC(=O)c2cc(-c3ccccc3)nc3ccccc23)cc(Br)c1O. The highest BCUT2D eigenvalue weighted by Crippen LogP contribution is 2.34. The van der Waals surface area contributed by atoms with E-state index in [1.54, 1.807) is 18.2 Å². The van der Waals surface area contributed by atoms with Crippen LogP contribution in [0.1, 0.15) is 15.9 Å². The van der Waals surface area contributed by atoms with Crippen LogP contribution >= 0.6 is 15.9 Å². The zero-order valence-electron chi connectivity index (χ0n) is 16.5. The number of halogens is 1. The first kappa shape index (κ1) is 20.6. The van der Waals surface area contributed by atoms with Crippen molar-refractivity contribution in [2.24, 2.45) is 5.10 Å². The fraction of sp³-hybridized carbons (Fsp3) is 0.0417. The van der Waals surface area contributed by atoms with E-state index in [1.165, 1.54) is 13.3 Å². The third-order valence-electron chi connectivity index (χ3n) is 4.68. The van der Waals surface area contributed by atoms with Gasteiger partial charge in [0.25, 0.3) is 5.91 Å². The molecular weight excluding hydrogens is 458 g/mol. The Morgan fingerprint density at radius 2 is 1.84 bits per heavy atom. The van der Waals surface area contributed by atoms with Gasteiger partial charge >= 0.3 is 0 Å². The van der Waals surface area contributed by atoms with Gasteiger partial charge in [0.05, 0.1) is 34.6 Å². The molecule has 0 atom stereocenters. The van der Waals surface area contributed by atoms with Crippen LogP contribution in [0.25, 0.3) is 22.2 Å². The van der Waals surface area contributed by atoms with Gasteiger partial charge in [-0.15, -0.1) is 0 Å². The minimum Gasteiger partial charge on any atom is -0.503 e. The van der Waals surface area contributed by atoms with E-state index in [9.17, 15) is 9.90 Å². The fourth-order valence-electron chi connectivity index (χ4n) is 3.17. The lowest BCUT2D eigenvalue weighted by Gasteiger charge is -2.09. The van der Waals surface area contributed by atoms with Crippen LogP contribution in [0.3, 0.4) is 0 Å². The molecule has 4 rings (SSSR count). The minimum atomic E-state index is -0.350. The molecule has 2 N–H and O–H groups in total. The Morgan fingerprint density at radius 1 is 1.10 bits per heavy atom. The maximum absolute atomic E-state index is 12.9. The van der Waals surface area contributed by atoms with E-state index >= 15 is 0 Å². The molecule has 0 radical (unpaired) electrons. The molecule has 154 valence electrons. The molecule has 7 heteroatoms. The highest BCUT2D eigenvalue weighted by molar-refractivity contribution is 9.10. The van der Waals surface area contributed by atoms with Crippen molar-refractivity contribution in [3.05, 3.63) is 88.4 Å². The predicted octanol–water partition coefficient (Wildman–Crippen LogP) is 5.14. The molecule has 0 aliphatic rings. The number of fused-ring (bicyclic) bond motifs is 1. The van der Waals surface area contributed by atoms with Crippen LogP contribution in [0.15, 0.2) is 82.4 Å². The van der Waals surface area contributed by atoms with E-state index in [4.69, 9.17) is 9.72 Å². The summed E-state index contributed by atoms with van der Waals surface area (Å²) < 4.78 is 5.60. The lowest BCUT2D eigenvalue weighted by Crippen LogP contribution is -2.18. The fourth-order valence-corrected chi connectivity index (χ4v) is 3.63. The number of amides is 1. The van der Waals surface area contributed by atoms with E-state index in [1.807, 2.05) is 54.6 Å². The number of para-hydroxylation sites is 1. The van der Waals surface area contributed by atoms with Crippen molar-refractivity contribution in [1.29, 1.82) is 0 Å². The summed E-state index contributed by atoms with van der Waals surface area (Å²) in [5.41, 5.74) is 6.06. The summed E-state index contributed by atoms with van der Waals surface area (Å²) >= 11 is 3.27. The first-order chi connectivity index (χ1) is 15.1. The molecule has 0 aliphatic carbocycles. The highest BCUT2D eigenvalue weighted by atomic mass is 79.9. The third kappa shape index (κ3) is 4.41. The average molecular weight is 476 g/mol. The third-order valence-corrected chi connectivity index (χ3v) is 5.29. The molecule has 0 unspecified atom stereocenters. The molecule has 0 saturated carbocycles. The molecule has 0 fully saturated rings. The van der Waals surface area contributed by atoms with Gasteiger partial charge in [0.2, 0.25) is 0 Å². The lowest BCUT2D eigenvalue weighted by molar-refractivity contribution is 0.0956. The number of hydrogen-bond donors (Lipinski definition) is 2. The standard InChI is InChI=1S/C24H18BrN3O3/c1-31-22-12-15(11-19(25)23(22)29)14-26-28-24(30)18-13-21(16-7-3-2-4-8-16)27-20-10-6-5-9-17(18)20/h2-14,29H,1H3,(H,28,30)/b26-14+. The number of hydrogen-bond acceptors (Lipinski definition) is 5. The van der Waals surface area contributed by atoms with Crippen LogP contribution in [0.2, 0.25) is 0 Å². The lowest BCUT2D eigenvalue weighted by atomic mass is 10.0. The number of rotatable bonds is 5. The molecule has 1 heterocycles. The van der Waals surface area contributed by atoms with Crippen molar-refractivity contribution in [3.63, 3.8) is 0 Å². The van der Waals surface area contributed by atoms with Crippen molar-refractivity contribution >= 4 is 39.0 Å². The Hall–Kier alpha value is -3.71. The summed E-state index contributed by atoms with van der Waals surface area (Å²) in [6.45, 7) is 0. The number of aromatic hydroxyl groups is 1. The van der Waals surface area contributed by atoms with Crippen molar-refractivity contribution in [3.8, 4) is 22.8 Å². The monoisotopic (exact) mass is 475 g/mol. The van der Waals surface area contributed by atoms with E-state index in [0.717, 1.165) is 16.5 Å². The Morgan fingerprint density at radius 3 is 2.61 bits per heavy atom. The van der Waals surface area contributed by atoms with Crippen molar-refractivity contribution in [1.82, 2.24) is 10.4 Å². The number of ether oxygens (including phenoxy) is 1. The largest absolute Gasteiger partial charge is 0.503 e. The number of aromatic nitrogens is 1. The number of carbonyl (C=O) groups is 1. The summed E-state index contributed by atoms with van der Waals surface area (Å²) in [6, 6.07) is 22.2.